The number of hydrogen-bond acceptors (Lipinski definition) is 5. The molecule has 0 bridgehead atoms. The van der Waals surface area contributed by atoms with Gasteiger partial charge in [-0.1, -0.05) is 0 Å². The topological polar surface area (TPSA) is 85.1 Å². The van der Waals surface area contributed by atoms with Gasteiger partial charge in [0.2, 0.25) is 10.0 Å². The van der Waals surface area contributed by atoms with Crippen LogP contribution in [0, 0.1) is 12.7 Å². The van der Waals surface area contributed by atoms with E-state index in [1.165, 1.54) is 24.3 Å². The molecule has 2 aromatic rings. The number of aromatic nitrogens is 1. The molecule has 0 saturated carbocycles. The maximum atomic E-state index is 13.5. The third kappa shape index (κ3) is 3.33. The minimum atomic E-state index is -3.78. The van der Waals surface area contributed by atoms with Crippen molar-refractivity contribution in [2.24, 2.45) is 0 Å². The molecule has 0 spiro atoms. The summed E-state index contributed by atoms with van der Waals surface area (Å²) in [6, 6.07) is 2.35. The molecule has 1 aromatic carbocycles. The van der Waals surface area contributed by atoms with E-state index in [1.807, 2.05) is 5.38 Å². The van der Waals surface area contributed by atoms with Crippen LogP contribution in [-0.2, 0) is 16.4 Å². The summed E-state index contributed by atoms with van der Waals surface area (Å²) in [6.07, 6.45) is 0.479. The smallest absolute Gasteiger partial charge is 0.241 e. The van der Waals surface area contributed by atoms with Crippen LogP contribution in [0.25, 0.3) is 0 Å². The zero-order valence-electron chi connectivity index (χ0n) is 10.8. The number of hydrogen-bond donors (Lipinski definition) is 2. The SMILES string of the molecule is Cc1c(F)cc(N)cc1S(=O)(=O)NCCc1cscn1. The highest BCUT2D eigenvalue weighted by atomic mass is 32.2. The first-order valence-corrected chi connectivity index (χ1v) is 8.25. The number of nitrogens with one attached hydrogen (secondary N) is 1. The van der Waals surface area contributed by atoms with Gasteiger partial charge in [-0.2, -0.15) is 0 Å². The minimum absolute atomic E-state index is 0.0559. The van der Waals surface area contributed by atoms with Gasteiger partial charge in [0.05, 0.1) is 16.1 Å². The molecule has 0 atom stereocenters. The van der Waals surface area contributed by atoms with Crippen LogP contribution in [0.1, 0.15) is 11.3 Å². The minimum Gasteiger partial charge on any atom is -0.399 e. The lowest BCUT2D eigenvalue weighted by atomic mass is 10.2. The van der Waals surface area contributed by atoms with Crippen LogP contribution in [0.2, 0.25) is 0 Å². The molecular formula is C12H14FN3O2S2. The lowest BCUT2D eigenvalue weighted by Gasteiger charge is -2.10. The Labute approximate surface area is 120 Å². The van der Waals surface area contributed by atoms with Crippen LogP contribution in [0.15, 0.2) is 27.9 Å². The Morgan fingerprint density at radius 2 is 2.20 bits per heavy atom. The molecule has 3 N–H and O–H groups in total. The number of thiazole rings is 1. The van der Waals surface area contributed by atoms with Crippen LogP contribution in [0.4, 0.5) is 10.1 Å². The highest BCUT2D eigenvalue weighted by molar-refractivity contribution is 7.89. The Bertz CT molecular complexity index is 700. The molecule has 0 aliphatic carbocycles. The van der Waals surface area contributed by atoms with Crippen molar-refractivity contribution in [1.82, 2.24) is 9.71 Å². The summed E-state index contributed by atoms with van der Waals surface area (Å²) in [5, 5.41) is 1.85. The zero-order chi connectivity index (χ0) is 14.8. The maximum Gasteiger partial charge on any atom is 0.241 e. The third-order valence-corrected chi connectivity index (χ3v) is 4.99. The second kappa shape index (κ2) is 5.86. The molecule has 1 heterocycles. The zero-order valence-corrected chi connectivity index (χ0v) is 12.4. The van der Waals surface area contributed by atoms with Crippen molar-refractivity contribution in [2.45, 2.75) is 18.2 Å². The van der Waals surface area contributed by atoms with E-state index in [4.69, 9.17) is 5.73 Å². The molecule has 0 amide bonds. The predicted molar refractivity (Wildman–Crippen MR) is 76.6 cm³/mol. The van der Waals surface area contributed by atoms with Crippen LogP contribution in [0.3, 0.4) is 0 Å². The van der Waals surface area contributed by atoms with Crippen molar-refractivity contribution in [3.63, 3.8) is 0 Å². The maximum absolute atomic E-state index is 13.5. The Kier molecular flexibility index (Phi) is 4.36. The molecule has 1 aromatic heterocycles. The average molecular weight is 315 g/mol. The van der Waals surface area contributed by atoms with E-state index < -0.39 is 15.8 Å². The Morgan fingerprint density at radius 3 is 2.85 bits per heavy atom. The Morgan fingerprint density at radius 1 is 1.45 bits per heavy atom. The molecule has 2 rings (SSSR count). The first kappa shape index (κ1) is 14.9. The van der Waals surface area contributed by atoms with Crippen LogP contribution in [-0.4, -0.2) is 19.9 Å². The lowest BCUT2D eigenvalue weighted by Crippen LogP contribution is -2.27. The summed E-state index contributed by atoms with van der Waals surface area (Å²) >= 11 is 1.45. The molecule has 20 heavy (non-hydrogen) atoms. The number of nitrogens with zero attached hydrogens (tertiary/aromatic N) is 1. The third-order valence-electron chi connectivity index (χ3n) is 2.77. The number of nitrogen functional groups attached to an aromatic ring is 1. The summed E-state index contributed by atoms with van der Waals surface area (Å²) in [4.78, 5) is 3.93. The second-order valence-electron chi connectivity index (χ2n) is 4.25. The van der Waals surface area contributed by atoms with Gasteiger partial charge in [0, 0.05) is 29.6 Å². The number of rotatable bonds is 5. The quantitative estimate of drug-likeness (QED) is 0.822. The first-order valence-electron chi connectivity index (χ1n) is 5.82. The van der Waals surface area contributed by atoms with Gasteiger partial charge >= 0.3 is 0 Å². The van der Waals surface area contributed by atoms with E-state index in [0.29, 0.717) is 6.42 Å². The van der Waals surface area contributed by atoms with Crippen molar-refractivity contribution >= 4 is 27.0 Å². The van der Waals surface area contributed by atoms with Gasteiger partial charge in [0.25, 0.3) is 0 Å². The number of benzene rings is 1. The van der Waals surface area contributed by atoms with E-state index in [-0.39, 0.29) is 22.7 Å². The van der Waals surface area contributed by atoms with Crippen LogP contribution in [0.5, 0.6) is 0 Å². The fourth-order valence-electron chi connectivity index (χ4n) is 1.70. The first-order chi connectivity index (χ1) is 9.40. The van der Waals surface area contributed by atoms with Crippen LogP contribution < -0.4 is 10.5 Å². The van der Waals surface area contributed by atoms with Gasteiger partial charge in [-0.25, -0.2) is 22.5 Å². The van der Waals surface area contributed by atoms with E-state index >= 15 is 0 Å². The van der Waals surface area contributed by atoms with Gasteiger partial charge in [-0.05, 0) is 19.1 Å². The predicted octanol–water partition coefficient (Wildman–Crippen LogP) is 1.69. The van der Waals surface area contributed by atoms with Gasteiger partial charge in [-0.3, -0.25) is 0 Å². The van der Waals surface area contributed by atoms with Gasteiger partial charge in [0.1, 0.15) is 5.82 Å². The van der Waals surface area contributed by atoms with Crippen molar-refractivity contribution in [3.05, 3.63) is 40.1 Å². The van der Waals surface area contributed by atoms with Crippen molar-refractivity contribution in [1.29, 1.82) is 0 Å². The molecule has 0 aliphatic rings. The normalized spacial score (nSPS) is 11.7. The molecule has 0 radical (unpaired) electrons. The molecule has 5 nitrogen and oxygen atoms in total. The molecular weight excluding hydrogens is 301 g/mol. The highest BCUT2D eigenvalue weighted by Crippen LogP contribution is 2.21. The fraction of sp³-hybridized carbons (Fsp3) is 0.250. The summed E-state index contributed by atoms with van der Waals surface area (Å²) in [5.74, 6) is -0.634. The Hall–Kier alpha value is -1.51. The number of halogens is 1. The second-order valence-corrected chi connectivity index (χ2v) is 6.71. The summed E-state index contributed by atoms with van der Waals surface area (Å²) in [7, 11) is -3.78. The largest absolute Gasteiger partial charge is 0.399 e. The monoisotopic (exact) mass is 315 g/mol. The van der Waals surface area contributed by atoms with Crippen molar-refractivity contribution in [3.8, 4) is 0 Å². The number of nitrogens with two attached hydrogens (primary N) is 1. The van der Waals surface area contributed by atoms with E-state index in [2.05, 4.69) is 9.71 Å². The molecule has 0 saturated heterocycles. The fourth-order valence-corrected chi connectivity index (χ4v) is 3.62. The Balaban J connectivity index is 2.14. The molecule has 0 aliphatic heterocycles. The van der Waals surface area contributed by atoms with Gasteiger partial charge in [-0.15, -0.1) is 11.3 Å². The molecule has 108 valence electrons. The molecule has 0 fully saturated rings. The molecule has 0 unspecified atom stereocenters. The van der Waals surface area contributed by atoms with E-state index in [9.17, 15) is 12.8 Å². The van der Waals surface area contributed by atoms with Gasteiger partial charge in [0.15, 0.2) is 0 Å². The van der Waals surface area contributed by atoms with Gasteiger partial charge < -0.3 is 5.73 Å². The molecule has 8 heteroatoms. The number of sulfonamides is 1. The standard InChI is InChI=1S/C12H14FN3O2S2/c1-8-11(13)4-9(14)5-12(8)20(17,18)16-3-2-10-6-19-7-15-10/h4-7,16H,2-3,14H2,1H3. The van der Waals surface area contributed by atoms with E-state index in [1.54, 1.807) is 5.51 Å². The van der Waals surface area contributed by atoms with Crippen molar-refractivity contribution in [2.75, 3.05) is 12.3 Å². The van der Waals surface area contributed by atoms with Crippen LogP contribution >= 0.6 is 11.3 Å². The summed E-state index contributed by atoms with van der Waals surface area (Å²) < 4.78 is 40.2. The number of anilines is 1. The lowest BCUT2D eigenvalue weighted by molar-refractivity contribution is 0.574. The average Bonchev–Trinajstić information content (AvgIpc) is 2.86. The highest BCUT2D eigenvalue weighted by Gasteiger charge is 2.19. The van der Waals surface area contributed by atoms with E-state index in [0.717, 1.165) is 11.8 Å². The summed E-state index contributed by atoms with van der Waals surface area (Å²) in [5.41, 5.74) is 8.12. The summed E-state index contributed by atoms with van der Waals surface area (Å²) in [6.45, 7) is 1.60. The van der Waals surface area contributed by atoms with Crippen molar-refractivity contribution < 1.29 is 12.8 Å².